The van der Waals surface area contributed by atoms with Gasteiger partial charge in [0.05, 0.1) is 6.04 Å². The molecule has 1 aliphatic heterocycles. The summed E-state index contributed by atoms with van der Waals surface area (Å²) in [5.74, 6) is 0.380. The number of ether oxygens (including phenoxy) is 2. The fourth-order valence-electron chi connectivity index (χ4n) is 4.57. The second kappa shape index (κ2) is 9.67. The Labute approximate surface area is 189 Å². The Bertz CT molecular complexity index is 1050. The average Bonchev–Trinajstić information content (AvgIpc) is 3.24. The summed E-state index contributed by atoms with van der Waals surface area (Å²) in [6, 6.07) is 15.9. The smallest absolute Gasteiger partial charge is 0.183 e. The topological polar surface area (TPSA) is 67.5 Å². The highest BCUT2D eigenvalue weighted by Gasteiger charge is 2.43. The highest BCUT2D eigenvalue weighted by atomic mass is 16.7. The first-order valence-electron chi connectivity index (χ1n) is 11.3. The zero-order chi connectivity index (χ0) is 22.7. The number of aryl methyl sites for hydroxylation is 1. The molecule has 0 radical (unpaired) electrons. The van der Waals surface area contributed by atoms with E-state index < -0.39 is 12.2 Å². The van der Waals surface area contributed by atoms with E-state index >= 15 is 0 Å². The van der Waals surface area contributed by atoms with E-state index in [0.717, 1.165) is 34.6 Å². The van der Waals surface area contributed by atoms with Gasteiger partial charge in [-0.05, 0) is 45.4 Å². The average molecular weight is 434 g/mol. The van der Waals surface area contributed by atoms with E-state index in [4.69, 9.17) is 9.47 Å². The van der Waals surface area contributed by atoms with E-state index in [1.807, 2.05) is 57.2 Å². The molecule has 6 nitrogen and oxygen atoms in total. The number of nitrogens with one attached hydrogen (secondary N) is 1. The summed E-state index contributed by atoms with van der Waals surface area (Å²) in [4.78, 5) is 23.9. The van der Waals surface area contributed by atoms with E-state index in [-0.39, 0.29) is 11.8 Å². The van der Waals surface area contributed by atoms with Crippen LogP contribution in [0, 0.1) is 6.92 Å². The Morgan fingerprint density at radius 2 is 1.72 bits per heavy atom. The van der Waals surface area contributed by atoms with Crippen LogP contribution >= 0.6 is 0 Å². The van der Waals surface area contributed by atoms with Crippen LogP contribution in [0.3, 0.4) is 0 Å². The second-order valence-corrected chi connectivity index (χ2v) is 7.95. The predicted octanol–water partition coefficient (Wildman–Crippen LogP) is 5.34. The number of likely N-dealkylation sites (N-methyl/N-ethyl adjacent to an activating group) is 1. The molecule has 0 fully saturated rings. The minimum Gasteiger partial charge on any atom is -0.363 e. The molecular formula is C26H31N3O3. The van der Waals surface area contributed by atoms with Gasteiger partial charge in [0.15, 0.2) is 12.1 Å². The Morgan fingerprint density at radius 1 is 1.03 bits per heavy atom. The number of hydrogen-bond acceptors (Lipinski definition) is 5. The maximum atomic E-state index is 13.7. The van der Waals surface area contributed by atoms with Crippen LogP contribution in [0.1, 0.15) is 72.0 Å². The predicted molar refractivity (Wildman–Crippen MR) is 125 cm³/mol. The van der Waals surface area contributed by atoms with Crippen LogP contribution in [0.25, 0.3) is 0 Å². The molecule has 0 spiro atoms. The van der Waals surface area contributed by atoms with Crippen molar-refractivity contribution in [2.24, 2.45) is 0 Å². The van der Waals surface area contributed by atoms with E-state index in [9.17, 15) is 4.79 Å². The molecule has 0 saturated heterocycles. The van der Waals surface area contributed by atoms with Gasteiger partial charge in [0.1, 0.15) is 11.7 Å². The lowest BCUT2D eigenvalue weighted by Gasteiger charge is -2.42. The largest absolute Gasteiger partial charge is 0.363 e. The number of ketones is 1. The summed E-state index contributed by atoms with van der Waals surface area (Å²) < 4.78 is 11.5. The van der Waals surface area contributed by atoms with Gasteiger partial charge in [0.25, 0.3) is 0 Å². The molecule has 6 heteroatoms. The third-order valence-electron chi connectivity index (χ3n) is 5.96. The maximum Gasteiger partial charge on any atom is 0.183 e. The van der Waals surface area contributed by atoms with Crippen LogP contribution in [0.2, 0.25) is 0 Å². The van der Waals surface area contributed by atoms with Crippen molar-refractivity contribution in [1.82, 2.24) is 9.97 Å². The molecule has 168 valence electrons. The molecular weight excluding hydrogens is 402 g/mol. The maximum absolute atomic E-state index is 13.7. The summed E-state index contributed by atoms with van der Waals surface area (Å²) in [7, 11) is 0. The number of aromatic nitrogens is 2. The van der Waals surface area contributed by atoms with Crippen molar-refractivity contribution in [3.05, 3.63) is 82.9 Å². The molecule has 3 aromatic rings. The van der Waals surface area contributed by atoms with Gasteiger partial charge in [-0.2, -0.15) is 0 Å². The highest BCUT2D eigenvalue weighted by molar-refractivity contribution is 6.07. The molecule has 0 saturated carbocycles. The number of para-hydroxylation sites is 1. The molecule has 2 atom stereocenters. The van der Waals surface area contributed by atoms with Gasteiger partial charge < -0.3 is 19.4 Å². The summed E-state index contributed by atoms with van der Waals surface area (Å²) in [6.45, 7) is 9.92. The number of carbonyl (C=O) groups is 1. The first-order chi connectivity index (χ1) is 15.6. The van der Waals surface area contributed by atoms with Gasteiger partial charge in [-0.25, -0.2) is 4.98 Å². The number of rotatable bonds is 8. The molecule has 2 heterocycles. The van der Waals surface area contributed by atoms with E-state index in [0.29, 0.717) is 19.0 Å². The van der Waals surface area contributed by atoms with E-state index in [2.05, 4.69) is 33.9 Å². The van der Waals surface area contributed by atoms with Crippen LogP contribution in [0.5, 0.6) is 0 Å². The van der Waals surface area contributed by atoms with Gasteiger partial charge in [0, 0.05) is 48.5 Å². The molecule has 1 aliphatic rings. The number of fused-ring (bicyclic) bond motifs is 1. The molecule has 0 aliphatic carbocycles. The van der Waals surface area contributed by atoms with Crippen LogP contribution in [-0.2, 0) is 9.47 Å². The molecule has 0 amide bonds. The fraction of sp³-hybridized carbons (Fsp3) is 0.385. The monoisotopic (exact) mass is 433 g/mol. The number of hydrogen-bond donors (Lipinski definition) is 1. The molecule has 1 aromatic heterocycles. The van der Waals surface area contributed by atoms with Crippen molar-refractivity contribution in [2.45, 2.75) is 45.9 Å². The standard InChI is InChI=1S/C26H31N3O3/c1-5-29-21-11-9-8-10-20(21)24(30)22(25-27-16-17(4)28-25)23(29)18-12-14-19(15-13-18)26(31-6-2)32-7-3/h8-16,22-23,26H,5-7H2,1-4H3,(H,27,28). The lowest BCUT2D eigenvalue weighted by atomic mass is 9.80. The zero-order valence-electron chi connectivity index (χ0n) is 19.2. The van der Waals surface area contributed by atoms with Gasteiger partial charge in [0.2, 0.25) is 0 Å². The Morgan fingerprint density at radius 3 is 2.31 bits per heavy atom. The summed E-state index contributed by atoms with van der Waals surface area (Å²) in [5, 5.41) is 0. The van der Waals surface area contributed by atoms with Gasteiger partial charge in [-0.1, -0.05) is 36.4 Å². The highest BCUT2D eigenvalue weighted by Crippen LogP contribution is 2.46. The van der Waals surface area contributed by atoms with Gasteiger partial charge >= 0.3 is 0 Å². The first kappa shape index (κ1) is 22.2. The number of nitrogens with zero attached hydrogens (tertiary/aromatic N) is 2. The first-order valence-corrected chi connectivity index (χ1v) is 11.3. The summed E-state index contributed by atoms with van der Waals surface area (Å²) in [6.07, 6.45) is 1.40. The quantitative estimate of drug-likeness (QED) is 0.486. The third-order valence-corrected chi connectivity index (χ3v) is 5.96. The minimum absolute atomic E-state index is 0.0928. The molecule has 4 rings (SSSR count). The Balaban J connectivity index is 1.79. The normalized spacial score (nSPS) is 18.3. The number of imidazole rings is 1. The van der Waals surface area contributed by atoms with Crippen molar-refractivity contribution >= 4 is 11.5 Å². The van der Waals surface area contributed by atoms with E-state index in [1.165, 1.54) is 0 Å². The Kier molecular flexibility index (Phi) is 6.72. The number of anilines is 1. The van der Waals surface area contributed by atoms with Crippen molar-refractivity contribution in [3.8, 4) is 0 Å². The molecule has 2 aromatic carbocycles. The Hall–Kier alpha value is -2.96. The molecule has 1 N–H and O–H groups in total. The van der Waals surface area contributed by atoms with Crippen LogP contribution < -0.4 is 4.90 Å². The number of carbonyl (C=O) groups excluding carboxylic acids is 1. The lowest BCUT2D eigenvalue weighted by molar-refractivity contribution is -0.140. The molecule has 32 heavy (non-hydrogen) atoms. The van der Waals surface area contributed by atoms with Crippen molar-refractivity contribution in [3.63, 3.8) is 0 Å². The zero-order valence-corrected chi connectivity index (χ0v) is 19.2. The number of Topliss-reactive ketones (excluding diaryl/α,β-unsaturated/α-hetero) is 1. The van der Waals surface area contributed by atoms with Crippen LogP contribution in [0.4, 0.5) is 5.69 Å². The number of benzene rings is 2. The van der Waals surface area contributed by atoms with Crippen LogP contribution in [-0.4, -0.2) is 35.5 Å². The SMILES string of the molecule is CCOC(OCC)c1ccc(C2C(c3ncc(C)[nH]3)C(=O)c3ccccc3N2CC)cc1. The van der Waals surface area contributed by atoms with Crippen molar-refractivity contribution in [1.29, 1.82) is 0 Å². The number of aromatic amines is 1. The molecule has 0 bridgehead atoms. The van der Waals surface area contributed by atoms with Crippen LogP contribution in [0.15, 0.2) is 54.7 Å². The fourth-order valence-corrected chi connectivity index (χ4v) is 4.57. The lowest BCUT2D eigenvalue weighted by Crippen LogP contribution is -2.41. The number of H-pyrrole nitrogens is 1. The molecule has 2 unspecified atom stereocenters. The summed E-state index contributed by atoms with van der Waals surface area (Å²) in [5.41, 5.74) is 4.68. The van der Waals surface area contributed by atoms with Crippen molar-refractivity contribution < 1.29 is 14.3 Å². The summed E-state index contributed by atoms with van der Waals surface area (Å²) >= 11 is 0. The minimum atomic E-state index is -0.418. The van der Waals surface area contributed by atoms with E-state index in [1.54, 1.807) is 6.20 Å². The second-order valence-electron chi connectivity index (χ2n) is 7.95. The third kappa shape index (κ3) is 4.08. The van der Waals surface area contributed by atoms with Gasteiger partial charge in [-0.3, -0.25) is 4.79 Å². The van der Waals surface area contributed by atoms with Gasteiger partial charge in [-0.15, -0.1) is 0 Å². The van der Waals surface area contributed by atoms with Crippen molar-refractivity contribution in [2.75, 3.05) is 24.7 Å².